The molecule has 3 nitrogen and oxygen atoms in total. The predicted octanol–water partition coefficient (Wildman–Crippen LogP) is 5.29. The second-order valence-electron chi connectivity index (χ2n) is 4.30. The van der Waals surface area contributed by atoms with Crippen molar-refractivity contribution in [2.45, 2.75) is 6.92 Å². The molecule has 2 aromatic carbocycles. The summed E-state index contributed by atoms with van der Waals surface area (Å²) in [6, 6.07) is 8.70. The van der Waals surface area contributed by atoms with E-state index in [1.54, 1.807) is 29.5 Å². The molecule has 0 bridgehead atoms. The van der Waals surface area contributed by atoms with E-state index in [4.69, 9.17) is 33.7 Å². The number of aromatic nitrogens is 1. The number of anilines is 1. The summed E-state index contributed by atoms with van der Waals surface area (Å²) >= 11 is 13.5. The van der Waals surface area contributed by atoms with Gasteiger partial charge < -0.3 is 10.5 Å². The Balaban J connectivity index is 2.03. The van der Waals surface area contributed by atoms with Crippen LogP contribution in [0.25, 0.3) is 10.2 Å². The van der Waals surface area contributed by atoms with E-state index in [1.165, 1.54) is 0 Å². The highest BCUT2D eigenvalue weighted by atomic mass is 35.5. The van der Waals surface area contributed by atoms with E-state index in [0.29, 0.717) is 27.2 Å². The number of benzene rings is 2. The Morgan fingerprint density at radius 1 is 1.10 bits per heavy atom. The smallest absolute Gasteiger partial charge is 0.152 e. The molecule has 0 atom stereocenters. The van der Waals surface area contributed by atoms with Gasteiger partial charge >= 0.3 is 0 Å². The van der Waals surface area contributed by atoms with Crippen molar-refractivity contribution in [1.82, 2.24) is 4.98 Å². The van der Waals surface area contributed by atoms with Crippen molar-refractivity contribution in [1.29, 1.82) is 0 Å². The zero-order valence-corrected chi connectivity index (χ0v) is 12.8. The number of fused-ring (bicyclic) bond motifs is 1. The zero-order valence-electron chi connectivity index (χ0n) is 10.5. The summed E-state index contributed by atoms with van der Waals surface area (Å²) in [7, 11) is 0. The fourth-order valence-corrected chi connectivity index (χ4v) is 3.25. The van der Waals surface area contributed by atoms with Crippen LogP contribution >= 0.6 is 34.5 Å². The minimum absolute atomic E-state index is 0.511. The Morgan fingerprint density at radius 3 is 2.50 bits per heavy atom. The quantitative estimate of drug-likeness (QED) is 0.652. The van der Waals surface area contributed by atoms with Gasteiger partial charge in [-0.05, 0) is 31.2 Å². The van der Waals surface area contributed by atoms with Crippen LogP contribution < -0.4 is 10.5 Å². The van der Waals surface area contributed by atoms with Gasteiger partial charge in [-0.1, -0.05) is 23.2 Å². The Morgan fingerprint density at radius 2 is 1.80 bits per heavy atom. The molecule has 2 N–H and O–H groups in total. The van der Waals surface area contributed by atoms with Gasteiger partial charge in [-0.2, -0.15) is 0 Å². The molecular weight excluding hydrogens is 315 g/mol. The van der Waals surface area contributed by atoms with Gasteiger partial charge in [0.1, 0.15) is 5.75 Å². The highest BCUT2D eigenvalue weighted by Gasteiger charge is 2.09. The normalized spacial score (nSPS) is 10.9. The van der Waals surface area contributed by atoms with Crippen LogP contribution in [0.15, 0.2) is 30.3 Å². The lowest BCUT2D eigenvalue weighted by Crippen LogP contribution is -1.92. The SMILES string of the molecule is Cc1nc2cc(Oc3cc(Cl)cc(Cl)c3)c(N)cc2s1. The van der Waals surface area contributed by atoms with Crippen LogP contribution in [0.2, 0.25) is 10.0 Å². The molecule has 0 saturated heterocycles. The number of aryl methyl sites for hydroxylation is 1. The highest BCUT2D eigenvalue weighted by Crippen LogP contribution is 2.35. The van der Waals surface area contributed by atoms with E-state index >= 15 is 0 Å². The standard InChI is InChI=1S/C14H10Cl2N2OS/c1-7-18-12-6-13(11(17)5-14(12)20-7)19-10-3-8(15)2-9(16)4-10/h2-6H,17H2,1H3. The summed E-state index contributed by atoms with van der Waals surface area (Å²) in [4.78, 5) is 4.42. The van der Waals surface area contributed by atoms with Crippen molar-refractivity contribution in [2.24, 2.45) is 0 Å². The molecule has 20 heavy (non-hydrogen) atoms. The number of halogens is 2. The molecule has 0 aliphatic carbocycles. The van der Waals surface area contributed by atoms with Crippen molar-refractivity contribution in [3.63, 3.8) is 0 Å². The molecule has 0 amide bonds. The summed E-state index contributed by atoms with van der Waals surface area (Å²) in [5, 5.41) is 2.01. The van der Waals surface area contributed by atoms with Crippen LogP contribution in [-0.4, -0.2) is 4.98 Å². The first kappa shape index (κ1) is 13.5. The monoisotopic (exact) mass is 324 g/mol. The third-order valence-corrected chi connectivity index (χ3v) is 4.06. The molecule has 0 aliphatic rings. The number of hydrogen-bond acceptors (Lipinski definition) is 4. The highest BCUT2D eigenvalue weighted by molar-refractivity contribution is 7.18. The van der Waals surface area contributed by atoms with E-state index in [9.17, 15) is 0 Å². The number of rotatable bonds is 2. The van der Waals surface area contributed by atoms with E-state index in [-0.39, 0.29) is 0 Å². The Labute approximate surface area is 129 Å². The first-order valence-corrected chi connectivity index (χ1v) is 7.39. The van der Waals surface area contributed by atoms with Gasteiger partial charge in [0.15, 0.2) is 5.75 Å². The molecule has 3 rings (SSSR count). The number of nitrogen functional groups attached to an aromatic ring is 1. The minimum Gasteiger partial charge on any atom is -0.455 e. The van der Waals surface area contributed by atoms with Gasteiger partial charge in [0.25, 0.3) is 0 Å². The van der Waals surface area contributed by atoms with Gasteiger partial charge in [0.2, 0.25) is 0 Å². The third-order valence-electron chi connectivity index (χ3n) is 2.69. The zero-order chi connectivity index (χ0) is 14.3. The summed E-state index contributed by atoms with van der Waals surface area (Å²) in [6.07, 6.45) is 0. The van der Waals surface area contributed by atoms with Gasteiger partial charge in [0, 0.05) is 16.1 Å². The number of nitrogens with zero attached hydrogens (tertiary/aromatic N) is 1. The Bertz CT molecular complexity index is 781. The average Bonchev–Trinajstić information content (AvgIpc) is 2.67. The molecule has 102 valence electrons. The van der Waals surface area contributed by atoms with Crippen LogP contribution in [0.5, 0.6) is 11.5 Å². The van der Waals surface area contributed by atoms with E-state index < -0.39 is 0 Å². The largest absolute Gasteiger partial charge is 0.455 e. The molecule has 1 heterocycles. The minimum atomic E-state index is 0.511. The first-order valence-electron chi connectivity index (χ1n) is 5.82. The number of ether oxygens (including phenoxy) is 1. The lowest BCUT2D eigenvalue weighted by Gasteiger charge is -2.09. The third kappa shape index (κ3) is 2.68. The molecule has 0 radical (unpaired) electrons. The lowest BCUT2D eigenvalue weighted by atomic mass is 10.2. The Hall–Kier alpha value is -1.49. The number of thiazole rings is 1. The molecule has 1 aromatic heterocycles. The molecule has 0 unspecified atom stereocenters. The predicted molar refractivity (Wildman–Crippen MR) is 85.3 cm³/mol. The molecular formula is C14H10Cl2N2OS. The van der Waals surface area contributed by atoms with E-state index in [1.807, 2.05) is 19.1 Å². The van der Waals surface area contributed by atoms with Crippen LogP contribution in [0, 0.1) is 6.92 Å². The number of hydrogen-bond donors (Lipinski definition) is 1. The van der Waals surface area contributed by atoms with E-state index in [0.717, 1.165) is 15.2 Å². The molecule has 3 aromatic rings. The van der Waals surface area contributed by atoms with Crippen LogP contribution in [-0.2, 0) is 0 Å². The molecule has 0 aliphatic heterocycles. The summed E-state index contributed by atoms with van der Waals surface area (Å²) in [5.74, 6) is 1.08. The molecule has 0 spiro atoms. The van der Waals surface area contributed by atoms with Crippen molar-refractivity contribution in [2.75, 3.05) is 5.73 Å². The first-order chi connectivity index (χ1) is 9.51. The van der Waals surface area contributed by atoms with Crippen molar-refractivity contribution < 1.29 is 4.74 Å². The maximum Gasteiger partial charge on any atom is 0.152 e. The van der Waals surface area contributed by atoms with Crippen LogP contribution in [0.1, 0.15) is 5.01 Å². The van der Waals surface area contributed by atoms with Gasteiger partial charge in [-0.25, -0.2) is 4.98 Å². The van der Waals surface area contributed by atoms with Crippen LogP contribution in [0.3, 0.4) is 0 Å². The van der Waals surface area contributed by atoms with Crippen molar-refractivity contribution in [3.05, 3.63) is 45.4 Å². The van der Waals surface area contributed by atoms with Gasteiger partial charge in [-0.3, -0.25) is 0 Å². The molecule has 6 heteroatoms. The maximum absolute atomic E-state index is 6.01. The van der Waals surface area contributed by atoms with Crippen molar-refractivity contribution in [3.8, 4) is 11.5 Å². The van der Waals surface area contributed by atoms with Crippen molar-refractivity contribution >= 4 is 50.4 Å². The fourth-order valence-electron chi connectivity index (χ4n) is 1.89. The summed E-state index contributed by atoms with van der Waals surface area (Å²) < 4.78 is 6.80. The van der Waals surface area contributed by atoms with Crippen LogP contribution in [0.4, 0.5) is 5.69 Å². The van der Waals surface area contributed by atoms with E-state index in [2.05, 4.69) is 4.98 Å². The Kier molecular flexibility index (Phi) is 3.46. The maximum atomic E-state index is 6.01. The second-order valence-corrected chi connectivity index (χ2v) is 6.41. The molecule has 0 saturated carbocycles. The molecule has 0 fully saturated rings. The average molecular weight is 325 g/mol. The van der Waals surface area contributed by atoms with Gasteiger partial charge in [-0.15, -0.1) is 11.3 Å². The summed E-state index contributed by atoms with van der Waals surface area (Å²) in [5.41, 5.74) is 7.43. The summed E-state index contributed by atoms with van der Waals surface area (Å²) in [6.45, 7) is 1.96. The number of nitrogens with two attached hydrogens (primary N) is 1. The lowest BCUT2D eigenvalue weighted by molar-refractivity contribution is 0.486. The fraction of sp³-hybridized carbons (Fsp3) is 0.0714. The van der Waals surface area contributed by atoms with Gasteiger partial charge in [0.05, 0.1) is 20.9 Å². The topological polar surface area (TPSA) is 48.1 Å². The second kappa shape index (κ2) is 5.13.